The van der Waals surface area contributed by atoms with Gasteiger partial charge in [-0.3, -0.25) is 9.35 Å². The predicted molar refractivity (Wildman–Crippen MR) is 52.9 cm³/mol. The Balaban J connectivity index is 3.02. The minimum absolute atomic E-state index is 1.04. The summed E-state index contributed by atoms with van der Waals surface area (Å²) in [5, 5.41) is 0. The maximum atomic E-state index is 13.1. The maximum Gasteiger partial charge on any atom is 0.312 e. The molecule has 0 aromatic heterocycles. The number of halogens is 5. The first kappa shape index (κ1) is 16.3. The second kappa shape index (κ2) is 5.71. The van der Waals surface area contributed by atoms with Crippen molar-refractivity contribution in [2.75, 3.05) is 5.75 Å². The van der Waals surface area contributed by atoms with Crippen LogP contribution in [0.15, 0.2) is 0 Å². The normalized spacial score (nSPS) is 11.5. The molecule has 0 saturated heterocycles. The summed E-state index contributed by atoms with van der Waals surface area (Å²) in [6.45, 7) is 0. The number of ether oxygens (including phenoxy) is 1. The van der Waals surface area contributed by atoms with Gasteiger partial charge in [0.05, 0.1) is 12.2 Å². The molecule has 0 atom stereocenters. The second-order valence-corrected chi connectivity index (χ2v) is 4.98. The molecule has 1 rings (SSSR count). The van der Waals surface area contributed by atoms with Gasteiger partial charge in [-0.1, -0.05) is 0 Å². The molecule has 112 valence electrons. The molecule has 0 bridgehead atoms. The zero-order valence-corrected chi connectivity index (χ0v) is 10.1. The molecule has 1 N–H and O–H groups in total. The number of benzene rings is 1. The third-order valence-electron chi connectivity index (χ3n) is 1.95. The van der Waals surface area contributed by atoms with E-state index in [4.69, 9.17) is 4.55 Å². The van der Waals surface area contributed by atoms with Gasteiger partial charge in [-0.15, -0.1) is 0 Å². The Labute approximate surface area is 108 Å². The molecule has 0 fully saturated rings. The summed E-state index contributed by atoms with van der Waals surface area (Å²) < 4.78 is 97.1. The van der Waals surface area contributed by atoms with Crippen LogP contribution in [0.25, 0.3) is 0 Å². The van der Waals surface area contributed by atoms with Crippen LogP contribution >= 0.6 is 0 Å². The van der Waals surface area contributed by atoms with Crippen molar-refractivity contribution in [3.63, 3.8) is 0 Å². The Morgan fingerprint density at radius 1 is 0.950 bits per heavy atom. The minimum atomic E-state index is -4.55. The maximum absolute atomic E-state index is 13.1. The van der Waals surface area contributed by atoms with E-state index in [9.17, 15) is 35.2 Å². The summed E-state index contributed by atoms with van der Waals surface area (Å²) in [5.74, 6) is -16.4. The number of hydrogen-bond donors (Lipinski definition) is 1. The summed E-state index contributed by atoms with van der Waals surface area (Å²) in [5.41, 5.74) is 0. The van der Waals surface area contributed by atoms with E-state index in [1.165, 1.54) is 0 Å². The Bertz CT molecular complexity index is 628. The summed E-state index contributed by atoms with van der Waals surface area (Å²) in [4.78, 5) is 11.0. The van der Waals surface area contributed by atoms with E-state index in [-0.39, 0.29) is 0 Å². The highest BCUT2D eigenvalue weighted by molar-refractivity contribution is 7.85. The lowest BCUT2D eigenvalue weighted by Gasteiger charge is -2.08. The first-order chi connectivity index (χ1) is 9.04. The minimum Gasteiger partial charge on any atom is -0.420 e. The van der Waals surface area contributed by atoms with Crippen molar-refractivity contribution >= 4 is 16.1 Å². The molecule has 0 saturated carbocycles. The lowest BCUT2D eigenvalue weighted by Crippen LogP contribution is -2.17. The fraction of sp³-hybridized carbons (Fsp3) is 0.222. The van der Waals surface area contributed by atoms with Gasteiger partial charge in [0.25, 0.3) is 10.1 Å². The highest BCUT2D eigenvalue weighted by Gasteiger charge is 2.28. The van der Waals surface area contributed by atoms with Gasteiger partial charge in [0, 0.05) is 0 Å². The third kappa shape index (κ3) is 3.63. The fourth-order valence-electron chi connectivity index (χ4n) is 1.05. The molecule has 0 aliphatic heterocycles. The van der Waals surface area contributed by atoms with Crippen LogP contribution in [0.3, 0.4) is 0 Å². The lowest BCUT2D eigenvalue weighted by atomic mass is 10.2. The second-order valence-electron chi connectivity index (χ2n) is 3.41. The van der Waals surface area contributed by atoms with E-state index < -0.39 is 63.1 Å². The van der Waals surface area contributed by atoms with Crippen LogP contribution in [0, 0.1) is 29.1 Å². The quantitative estimate of drug-likeness (QED) is 0.227. The predicted octanol–water partition coefficient (Wildman–Crippen LogP) is 1.57. The Hall–Kier alpha value is -1.75. The van der Waals surface area contributed by atoms with E-state index in [1.807, 2.05) is 0 Å². The zero-order valence-electron chi connectivity index (χ0n) is 9.29. The van der Waals surface area contributed by atoms with Crippen molar-refractivity contribution in [3.05, 3.63) is 29.1 Å². The standard InChI is InChI=1S/C9H5F5O5S/c10-4-5(11)7(13)9(8(14)6(4)12)19-3(15)1-2-20(16,17)18/h1-2H2,(H,16,17,18). The van der Waals surface area contributed by atoms with E-state index in [0.717, 1.165) is 0 Å². The molecule has 0 heterocycles. The van der Waals surface area contributed by atoms with Crippen LogP contribution in [0.1, 0.15) is 6.42 Å². The number of hydrogen-bond acceptors (Lipinski definition) is 4. The van der Waals surface area contributed by atoms with Crippen LogP contribution in [0.2, 0.25) is 0 Å². The molecule has 0 unspecified atom stereocenters. The third-order valence-corrected chi connectivity index (χ3v) is 2.67. The van der Waals surface area contributed by atoms with Crippen LogP contribution in [-0.2, 0) is 14.9 Å². The van der Waals surface area contributed by atoms with E-state index in [0.29, 0.717) is 0 Å². The molecule has 20 heavy (non-hydrogen) atoms. The molecule has 11 heteroatoms. The zero-order chi connectivity index (χ0) is 15.7. The van der Waals surface area contributed by atoms with Gasteiger partial charge in [-0.2, -0.15) is 17.2 Å². The lowest BCUT2D eigenvalue weighted by molar-refractivity contribution is -0.134. The van der Waals surface area contributed by atoms with Gasteiger partial charge in [-0.05, 0) is 0 Å². The molecular weight excluding hydrogens is 315 g/mol. The summed E-state index contributed by atoms with van der Waals surface area (Å²) in [7, 11) is -4.55. The smallest absolute Gasteiger partial charge is 0.312 e. The summed E-state index contributed by atoms with van der Waals surface area (Å²) >= 11 is 0. The monoisotopic (exact) mass is 320 g/mol. The molecule has 0 aliphatic rings. The van der Waals surface area contributed by atoms with Crippen molar-refractivity contribution in [2.45, 2.75) is 6.42 Å². The van der Waals surface area contributed by atoms with Crippen molar-refractivity contribution in [3.8, 4) is 5.75 Å². The van der Waals surface area contributed by atoms with Crippen molar-refractivity contribution in [1.29, 1.82) is 0 Å². The first-order valence-corrected chi connectivity index (χ1v) is 6.32. The first-order valence-electron chi connectivity index (χ1n) is 4.72. The topological polar surface area (TPSA) is 80.7 Å². The van der Waals surface area contributed by atoms with Crippen LogP contribution in [0.4, 0.5) is 22.0 Å². The Morgan fingerprint density at radius 2 is 1.35 bits per heavy atom. The van der Waals surface area contributed by atoms with Crippen molar-refractivity contribution < 1.29 is 44.5 Å². The molecule has 0 aliphatic carbocycles. The van der Waals surface area contributed by atoms with Gasteiger partial charge in [0.1, 0.15) is 0 Å². The average molecular weight is 320 g/mol. The Morgan fingerprint density at radius 3 is 1.75 bits per heavy atom. The fourth-order valence-corrected chi connectivity index (χ4v) is 1.48. The van der Waals surface area contributed by atoms with E-state index in [1.54, 1.807) is 0 Å². The van der Waals surface area contributed by atoms with Gasteiger partial charge >= 0.3 is 5.97 Å². The van der Waals surface area contributed by atoms with E-state index >= 15 is 0 Å². The summed E-state index contributed by atoms with van der Waals surface area (Å²) in [6, 6.07) is 0. The van der Waals surface area contributed by atoms with Gasteiger partial charge < -0.3 is 4.74 Å². The molecule has 0 radical (unpaired) electrons. The molecule has 0 spiro atoms. The van der Waals surface area contributed by atoms with Crippen LogP contribution in [-0.4, -0.2) is 24.7 Å². The number of carbonyl (C=O) groups excluding carboxylic acids is 1. The van der Waals surface area contributed by atoms with Crippen molar-refractivity contribution in [1.82, 2.24) is 0 Å². The highest BCUT2D eigenvalue weighted by atomic mass is 32.2. The number of esters is 1. The molecule has 1 aromatic carbocycles. The average Bonchev–Trinajstić information content (AvgIpc) is 2.36. The largest absolute Gasteiger partial charge is 0.420 e. The van der Waals surface area contributed by atoms with Gasteiger partial charge in [-0.25, -0.2) is 13.2 Å². The SMILES string of the molecule is O=C(CCS(=O)(=O)O)Oc1c(F)c(F)c(F)c(F)c1F. The van der Waals surface area contributed by atoms with Gasteiger partial charge in [0.2, 0.25) is 34.8 Å². The van der Waals surface area contributed by atoms with Crippen LogP contribution < -0.4 is 4.74 Å². The highest BCUT2D eigenvalue weighted by Crippen LogP contribution is 2.29. The molecule has 0 amide bonds. The van der Waals surface area contributed by atoms with Gasteiger partial charge in [0.15, 0.2) is 0 Å². The number of carbonyl (C=O) groups is 1. The Kier molecular flexibility index (Phi) is 4.65. The summed E-state index contributed by atoms with van der Waals surface area (Å²) in [6.07, 6.45) is -1.04. The molecular formula is C9H5F5O5S. The molecule has 1 aromatic rings. The molecule has 5 nitrogen and oxygen atoms in total. The van der Waals surface area contributed by atoms with Crippen LogP contribution in [0.5, 0.6) is 5.75 Å². The van der Waals surface area contributed by atoms with E-state index in [2.05, 4.69) is 4.74 Å². The number of rotatable bonds is 4. The van der Waals surface area contributed by atoms with Crippen molar-refractivity contribution in [2.24, 2.45) is 0 Å².